The number of nitrogens with one attached hydrogen (secondary N) is 1. The molecule has 3 heterocycles. The zero-order chi connectivity index (χ0) is 27.9. The highest BCUT2D eigenvalue weighted by Gasteiger charge is 2.46. The summed E-state index contributed by atoms with van der Waals surface area (Å²) < 4.78 is 6.46. The Labute approximate surface area is 234 Å². The van der Waals surface area contributed by atoms with Crippen LogP contribution in [-0.4, -0.2) is 27.6 Å². The molecule has 1 amide bonds. The summed E-state index contributed by atoms with van der Waals surface area (Å²) in [6.45, 7) is 7.87. The molecule has 0 spiro atoms. The maximum absolute atomic E-state index is 13.6. The van der Waals surface area contributed by atoms with Gasteiger partial charge in [-0.25, -0.2) is 0 Å². The predicted octanol–water partition coefficient (Wildman–Crippen LogP) is 5.42. The van der Waals surface area contributed by atoms with E-state index in [2.05, 4.69) is 21.6 Å². The quantitative estimate of drug-likeness (QED) is 0.378. The second kappa shape index (κ2) is 10.4. The van der Waals surface area contributed by atoms with E-state index in [4.69, 9.17) is 10.2 Å². The summed E-state index contributed by atoms with van der Waals surface area (Å²) >= 11 is 2.52. The minimum absolute atomic E-state index is 0.0440. The molecule has 3 N–H and O–H groups in total. The number of anilines is 2. The molecule has 1 aromatic carbocycles. The van der Waals surface area contributed by atoms with Crippen molar-refractivity contribution in [2.45, 2.75) is 50.8 Å². The summed E-state index contributed by atoms with van der Waals surface area (Å²) in [6, 6.07) is 13.4. The van der Waals surface area contributed by atoms with Gasteiger partial charge in [0.15, 0.2) is 10.1 Å². The molecule has 5 rings (SSSR count). The lowest BCUT2D eigenvalue weighted by Gasteiger charge is -2.42. The van der Waals surface area contributed by atoms with Gasteiger partial charge in [-0.1, -0.05) is 54.6 Å². The molecule has 0 saturated heterocycles. The lowest BCUT2D eigenvalue weighted by molar-refractivity contribution is -0.118. The van der Waals surface area contributed by atoms with E-state index in [1.807, 2.05) is 58.0 Å². The number of Topliss-reactive ketones (excluding diaryl/α,β-unsaturated/α-hetero) is 1. The van der Waals surface area contributed by atoms with Crippen molar-refractivity contribution in [3.63, 3.8) is 0 Å². The predicted molar refractivity (Wildman–Crippen MR) is 151 cm³/mol. The molecule has 3 aromatic rings. The molecular formula is C28H28N6O3S2. The first-order valence-electron chi connectivity index (χ1n) is 12.4. The standard InChI is InChI=1S/C28H28N6O3S2/c1-15-5-8-17(9-6-15)31-22(36)14-38-27-33-32-26(39-27)34-19-11-28(3,4)12-20(35)24(19)23(18(13-29)25(34)30)21-10-7-16(2)37-21/h5-10,23H,11-12,14,30H2,1-4H3,(H,31,36). The highest BCUT2D eigenvalue weighted by Crippen LogP contribution is 2.50. The number of nitriles is 1. The molecule has 2 aromatic heterocycles. The first-order chi connectivity index (χ1) is 18.6. The van der Waals surface area contributed by atoms with Crippen LogP contribution in [0, 0.1) is 30.6 Å². The fourth-order valence-corrected chi connectivity index (χ4v) is 6.61. The van der Waals surface area contributed by atoms with Gasteiger partial charge in [-0.15, -0.1) is 10.2 Å². The number of thioether (sulfide) groups is 1. The Bertz CT molecular complexity index is 1560. The van der Waals surface area contributed by atoms with Crippen LogP contribution in [0.3, 0.4) is 0 Å². The van der Waals surface area contributed by atoms with E-state index >= 15 is 0 Å². The van der Waals surface area contributed by atoms with Crippen molar-refractivity contribution in [3.05, 3.63) is 76.1 Å². The van der Waals surface area contributed by atoms with Crippen LogP contribution < -0.4 is 16.0 Å². The average molecular weight is 561 g/mol. The number of nitrogens with zero attached hydrogens (tertiary/aromatic N) is 4. The summed E-state index contributed by atoms with van der Waals surface area (Å²) in [4.78, 5) is 27.7. The number of hydrogen-bond donors (Lipinski definition) is 2. The van der Waals surface area contributed by atoms with Gasteiger partial charge in [0.25, 0.3) is 0 Å². The third-order valence-corrected chi connectivity index (χ3v) is 8.72. The number of hydrogen-bond acceptors (Lipinski definition) is 10. The average Bonchev–Trinajstić information content (AvgIpc) is 3.51. The van der Waals surface area contributed by atoms with Crippen LogP contribution in [0.1, 0.15) is 49.7 Å². The molecule has 9 nitrogen and oxygen atoms in total. The van der Waals surface area contributed by atoms with E-state index in [1.165, 1.54) is 23.1 Å². The molecule has 1 aliphatic carbocycles. The van der Waals surface area contributed by atoms with Crippen LogP contribution >= 0.6 is 23.1 Å². The topological polar surface area (TPSA) is 138 Å². The fraction of sp³-hybridized carbons (Fsp3) is 0.321. The van der Waals surface area contributed by atoms with Gasteiger partial charge in [-0.2, -0.15) is 5.26 Å². The van der Waals surface area contributed by atoms with Crippen molar-refractivity contribution in [2.24, 2.45) is 11.1 Å². The van der Waals surface area contributed by atoms with Crippen LogP contribution in [0.4, 0.5) is 10.8 Å². The van der Waals surface area contributed by atoms with E-state index in [9.17, 15) is 14.9 Å². The molecule has 1 atom stereocenters. The van der Waals surface area contributed by atoms with E-state index in [0.29, 0.717) is 45.1 Å². The number of allylic oxidation sites excluding steroid dienone is 3. The number of amides is 1. The molecule has 1 aliphatic heterocycles. The van der Waals surface area contributed by atoms with Crippen LogP contribution in [0.5, 0.6) is 0 Å². The second-order valence-corrected chi connectivity index (χ2v) is 12.7. The fourth-order valence-electron chi connectivity index (χ4n) is 4.93. The first kappa shape index (κ1) is 26.7. The highest BCUT2D eigenvalue weighted by molar-refractivity contribution is 8.01. The zero-order valence-electron chi connectivity index (χ0n) is 22.1. The zero-order valence-corrected chi connectivity index (χ0v) is 23.7. The molecule has 11 heteroatoms. The number of ketones is 1. The van der Waals surface area contributed by atoms with E-state index < -0.39 is 5.92 Å². The summed E-state index contributed by atoms with van der Waals surface area (Å²) in [5.41, 5.74) is 9.62. The molecule has 0 saturated carbocycles. The molecule has 0 radical (unpaired) electrons. The monoisotopic (exact) mass is 560 g/mol. The van der Waals surface area contributed by atoms with Crippen molar-refractivity contribution in [1.29, 1.82) is 5.26 Å². The minimum atomic E-state index is -0.675. The maximum Gasteiger partial charge on any atom is 0.234 e. The SMILES string of the molecule is Cc1ccc(NC(=O)CSc2nnc(N3C(N)=C(C#N)C(c4ccc(C)o4)C4=C3CC(C)(C)CC4=O)s2)cc1. The highest BCUT2D eigenvalue weighted by atomic mass is 32.2. The van der Waals surface area contributed by atoms with E-state index in [0.717, 1.165) is 11.3 Å². The Hall–Kier alpha value is -3.88. The maximum atomic E-state index is 13.6. The normalized spacial score (nSPS) is 18.7. The Morgan fingerprint density at radius 2 is 1.97 bits per heavy atom. The lowest BCUT2D eigenvalue weighted by Crippen LogP contribution is -2.42. The number of furan rings is 1. The van der Waals surface area contributed by atoms with Crippen molar-refractivity contribution in [1.82, 2.24) is 10.2 Å². The molecule has 200 valence electrons. The second-order valence-electron chi connectivity index (χ2n) is 10.5. The number of carbonyl (C=O) groups excluding carboxylic acids is 2. The first-order valence-corrected chi connectivity index (χ1v) is 14.2. The number of aromatic nitrogens is 2. The van der Waals surface area contributed by atoms with Crippen molar-refractivity contribution >= 4 is 45.6 Å². The van der Waals surface area contributed by atoms with Gasteiger partial charge in [0, 0.05) is 23.4 Å². The molecule has 39 heavy (non-hydrogen) atoms. The molecule has 1 unspecified atom stereocenters. The van der Waals surface area contributed by atoms with E-state index in [-0.39, 0.29) is 34.3 Å². The van der Waals surface area contributed by atoms with Gasteiger partial charge in [0.1, 0.15) is 17.3 Å². The summed E-state index contributed by atoms with van der Waals surface area (Å²) in [6.07, 6.45) is 0.909. The van der Waals surface area contributed by atoms with Gasteiger partial charge in [-0.3, -0.25) is 14.5 Å². The number of nitrogens with two attached hydrogens (primary N) is 1. The molecule has 2 aliphatic rings. The van der Waals surface area contributed by atoms with Gasteiger partial charge in [0.05, 0.1) is 23.3 Å². The number of carbonyl (C=O) groups is 2. The summed E-state index contributed by atoms with van der Waals surface area (Å²) in [7, 11) is 0. The Kier molecular flexibility index (Phi) is 7.09. The largest absolute Gasteiger partial charge is 0.465 e. The van der Waals surface area contributed by atoms with Gasteiger partial charge in [-0.05, 0) is 49.9 Å². The van der Waals surface area contributed by atoms with Gasteiger partial charge in [0.2, 0.25) is 11.0 Å². The number of aryl methyl sites for hydroxylation is 2. The van der Waals surface area contributed by atoms with Crippen LogP contribution in [0.25, 0.3) is 0 Å². The number of benzene rings is 1. The number of rotatable bonds is 6. The van der Waals surface area contributed by atoms with Crippen LogP contribution in [0.15, 0.2) is 67.8 Å². The summed E-state index contributed by atoms with van der Waals surface area (Å²) in [5, 5.41) is 22.1. The van der Waals surface area contributed by atoms with Crippen molar-refractivity contribution in [2.75, 3.05) is 16.0 Å². The van der Waals surface area contributed by atoms with Gasteiger partial charge < -0.3 is 15.5 Å². The van der Waals surface area contributed by atoms with Gasteiger partial charge >= 0.3 is 0 Å². The van der Waals surface area contributed by atoms with E-state index in [1.54, 1.807) is 11.0 Å². The van der Waals surface area contributed by atoms with Crippen molar-refractivity contribution in [3.8, 4) is 6.07 Å². The lowest BCUT2D eigenvalue weighted by atomic mass is 9.69. The molecular weight excluding hydrogens is 532 g/mol. The van der Waals surface area contributed by atoms with Crippen LogP contribution in [-0.2, 0) is 9.59 Å². The molecule has 0 bridgehead atoms. The smallest absolute Gasteiger partial charge is 0.234 e. The molecule has 0 fully saturated rings. The Morgan fingerprint density at radius 3 is 2.64 bits per heavy atom. The third kappa shape index (κ3) is 5.35. The third-order valence-electron chi connectivity index (χ3n) is 6.68. The van der Waals surface area contributed by atoms with Crippen LogP contribution in [0.2, 0.25) is 0 Å². The minimum Gasteiger partial charge on any atom is -0.465 e. The Morgan fingerprint density at radius 1 is 1.23 bits per heavy atom. The Balaban J connectivity index is 1.45. The summed E-state index contributed by atoms with van der Waals surface area (Å²) in [5.74, 6) is 0.669. The van der Waals surface area contributed by atoms with Crippen molar-refractivity contribution < 1.29 is 14.0 Å².